The van der Waals surface area contributed by atoms with Gasteiger partial charge in [0.15, 0.2) is 0 Å². The lowest BCUT2D eigenvalue weighted by atomic mass is 10.1. The quantitative estimate of drug-likeness (QED) is 0.399. The highest BCUT2D eigenvalue weighted by molar-refractivity contribution is 7.99. The van der Waals surface area contributed by atoms with Crippen LogP contribution in [0.15, 0.2) is 76.5 Å². The molecule has 0 saturated carbocycles. The van der Waals surface area contributed by atoms with Gasteiger partial charge in [-0.05, 0) is 42.5 Å². The van der Waals surface area contributed by atoms with Crippen LogP contribution in [0.1, 0.15) is 17.3 Å². The first-order valence-electron chi connectivity index (χ1n) is 9.15. The molecule has 2 amide bonds. The molecule has 31 heavy (non-hydrogen) atoms. The van der Waals surface area contributed by atoms with E-state index in [1.165, 1.54) is 37.9 Å². The highest BCUT2D eigenvalue weighted by Crippen LogP contribution is 2.34. The van der Waals surface area contributed by atoms with Gasteiger partial charge in [0.25, 0.3) is 11.6 Å². The normalized spacial score (nSPS) is 10.3. The molecule has 2 N–H and O–H groups in total. The van der Waals surface area contributed by atoms with Crippen LogP contribution < -0.4 is 15.4 Å². The first-order valence-corrected chi connectivity index (χ1v) is 9.97. The largest absolute Gasteiger partial charge is 0.495 e. The monoisotopic (exact) mass is 437 g/mol. The maximum Gasteiger partial charge on any atom is 0.269 e. The Morgan fingerprint density at radius 3 is 2.35 bits per heavy atom. The van der Waals surface area contributed by atoms with Crippen molar-refractivity contribution in [2.24, 2.45) is 0 Å². The Bertz CT molecular complexity index is 1130. The number of rotatable bonds is 7. The predicted molar refractivity (Wildman–Crippen MR) is 119 cm³/mol. The Hall–Kier alpha value is -3.85. The van der Waals surface area contributed by atoms with Crippen LogP contribution in [0, 0.1) is 10.1 Å². The van der Waals surface area contributed by atoms with E-state index in [2.05, 4.69) is 10.6 Å². The van der Waals surface area contributed by atoms with Gasteiger partial charge in [0.05, 0.1) is 23.3 Å². The molecule has 0 heterocycles. The van der Waals surface area contributed by atoms with Gasteiger partial charge in [0.2, 0.25) is 5.91 Å². The summed E-state index contributed by atoms with van der Waals surface area (Å²) in [4.78, 5) is 36.3. The molecule has 3 aromatic carbocycles. The third-order valence-electron chi connectivity index (χ3n) is 4.18. The Labute approximate surface area is 182 Å². The molecule has 0 unspecified atom stereocenters. The molecule has 3 aromatic rings. The van der Waals surface area contributed by atoms with Gasteiger partial charge in [-0.25, -0.2) is 0 Å². The zero-order valence-electron chi connectivity index (χ0n) is 16.7. The molecule has 0 aliphatic carbocycles. The summed E-state index contributed by atoms with van der Waals surface area (Å²) >= 11 is 1.28. The fraction of sp³-hybridized carbons (Fsp3) is 0.0909. The van der Waals surface area contributed by atoms with Crippen molar-refractivity contribution in [2.75, 3.05) is 17.7 Å². The molecule has 8 nitrogen and oxygen atoms in total. The lowest BCUT2D eigenvalue weighted by Gasteiger charge is -2.14. The van der Waals surface area contributed by atoms with Crippen LogP contribution in [0.3, 0.4) is 0 Å². The number of para-hydroxylation sites is 2. The highest BCUT2D eigenvalue weighted by atomic mass is 32.2. The third-order valence-corrected chi connectivity index (χ3v) is 5.26. The fourth-order valence-corrected chi connectivity index (χ4v) is 3.70. The maximum atomic E-state index is 13.1. The molecular formula is C22H19N3O5S. The molecular weight excluding hydrogens is 418 g/mol. The van der Waals surface area contributed by atoms with Crippen molar-refractivity contribution in [3.8, 4) is 5.75 Å². The van der Waals surface area contributed by atoms with Crippen LogP contribution in [-0.4, -0.2) is 23.8 Å². The van der Waals surface area contributed by atoms with Crippen LogP contribution in [0.5, 0.6) is 5.75 Å². The number of benzene rings is 3. The average molecular weight is 437 g/mol. The summed E-state index contributed by atoms with van der Waals surface area (Å²) in [5, 5.41) is 16.4. The number of nitro groups is 1. The van der Waals surface area contributed by atoms with Crippen molar-refractivity contribution in [2.45, 2.75) is 16.7 Å². The molecule has 0 saturated heterocycles. The number of amides is 2. The van der Waals surface area contributed by atoms with Crippen LogP contribution in [0.25, 0.3) is 0 Å². The van der Waals surface area contributed by atoms with Gasteiger partial charge in [-0.15, -0.1) is 0 Å². The van der Waals surface area contributed by atoms with E-state index < -0.39 is 4.92 Å². The topological polar surface area (TPSA) is 111 Å². The van der Waals surface area contributed by atoms with Gasteiger partial charge >= 0.3 is 0 Å². The predicted octanol–water partition coefficient (Wildman–Crippen LogP) is 4.97. The molecule has 0 aromatic heterocycles. The average Bonchev–Trinajstić information content (AvgIpc) is 2.75. The second kappa shape index (κ2) is 9.77. The number of nitrogens with one attached hydrogen (secondary N) is 2. The molecule has 9 heteroatoms. The van der Waals surface area contributed by atoms with Crippen molar-refractivity contribution in [3.63, 3.8) is 0 Å². The van der Waals surface area contributed by atoms with Gasteiger partial charge in [-0.3, -0.25) is 19.7 Å². The van der Waals surface area contributed by atoms with Crippen molar-refractivity contribution in [1.29, 1.82) is 0 Å². The Balaban J connectivity index is 1.94. The number of anilines is 2. The second-order valence-electron chi connectivity index (χ2n) is 6.40. The molecule has 0 radical (unpaired) electrons. The summed E-state index contributed by atoms with van der Waals surface area (Å²) in [5.41, 5.74) is 1.30. The summed E-state index contributed by atoms with van der Waals surface area (Å²) in [6.07, 6.45) is 0. The summed E-state index contributed by atoms with van der Waals surface area (Å²) in [6, 6.07) is 18.1. The molecule has 0 fully saturated rings. The summed E-state index contributed by atoms with van der Waals surface area (Å²) in [5.74, 6) is -0.133. The minimum absolute atomic E-state index is 0.0144. The molecule has 0 atom stereocenters. The van der Waals surface area contributed by atoms with Crippen LogP contribution in [-0.2, 0) is 4.79 Å². The van der Waals surface area contributed by atoms with E-state index in [9.17, 15) is 19.7 Å². The van der Waals surface area contributed by atoms with Gasteiger partial charge in [-0.2, -0.15) is 0 Å². The maximum absolute atomic E-state index is 13.1. The summed E-state index contributed by atoms with van der Waals surface area (Å²) in [7, 11) is 1.51. The van der Waals surface area contributed by atoms with Crippen molar-refractivity contribution in [1.82, 2.24) is 0 Å². The van der Waals surface area contributed by atoms with Gasteiger partial charge < -0.3 is 15.4 Å². The standard InChI is InChI=1S/C22H19N3O5S/c1-14(26)23-15-7-12-21(31-17-10-8-16(9-11-17)25(28)29)18(13-15)22(27)24-19-5-3-4-6-20(19)30-2/h3-13H,1-2H3,(H,23,26)(H,24,27). The van der Waals surface area contributed by atoms with E-state index >= 15 is 0 Å². The van der Waals surface area contributed by atoms with E-state index in [-0.39, 0.29) is 17.5 Å². The van der Waals surface area contributed by atoms with Crippen molar-refractivity contribution >= 4 is 40.6 Å². The van der Waals surface area contributed by atoms with Crippen LogP contribution in [0.4, 0.5) is 17.1 Å². The lowest BCUT2D eigenvalue weighted by Crippen LogP contribution is -2.15. The Morgan fingerprint density at radius 2 is 1.71 bits per heavy atom. The van der Waals surface area contributed by atoms with Gasteiger partial charge in [-0.1, -0.05) is 23.9 Å². The first kappa shape index (κ1) is 21.8. The summed E-state index contributed by atoms with van der Waals surface area (Å²) in [6.45, 7) is 1.38. The number of nitrogens with zero attached hydrogens (tertiary/aromatic N) is 1. The molecule has 3 rings (SSSR count). The van der Waals surface area contributed by atoms with E-state index in [1.807, 2.05) is 0 Å². The van der Waals surface area contributed by atoms with E-state index in [0.717, 1.165) is 4.90 Å². The van der Waals surface area contributed by atoms with Crippen molar-refractivity contribution in [3.05, 3.63) is 82.4 Å². The van der Waals surface area contributed by atoms with Gasteiger partial charge in [0, 0.05) is 34.5 Å². The molecule has 0 aliphatic heterocycles. The SMILES string of the molecule is COc1ccccc1NC(=O)c1cc(NC(C)=O)ccc1Sc1ccc([N+](=O)[O-])cc1. The number of methoxy groups -OCH3 is 1. The number of hydrogen-bond donors (Lipinski definition) is 2. The second-order valence-corrected chi connectivity index (χ2v) is 7.51. The third kappa shape index (κ3) is 5.61. The number of ether oxygens (including phenoxy) is 1. The lowest BCUT2D eigenvalue weighted by molar-refractivity contribution is -0.384. The first-order chi connectivity index (χ1) is 14.9. The molecule has 158 valence electrons. The number of nitro benzene ring substituents is 1. The van der Waals surface area contributed by atoms with Crippen LogP contribution >= 0.6 is 11.8 Å². The smallest absolute Gasteiger partial charge is 0.269 e. The fourth-order valence-electron chi connectivity index (χ4n) is 2.78. The number of hydrogen-bond acceptors (Lipinski definition) is 6. The number of non-ortho nitro benzene ring substituents is 1. The van der Waals surface area contributed by atoms with Crippen LogP contribution in [0.2, 0.25) is 0 Å². The zero-order chi connectivity index (χ0) is 22.4. The Kier molecular flexibility index (Phi) is 6.88. The van der Waals surface area contributed by atoms with Gasteiger partial charge in [0.1, 0.15) is 5.75 Å². The molecule has 0 bridgehead atoms. The minimum atomic E-state index is -0.469. The van der Waals surface area contributed by atoms with E-state index in [1.54, 1.807) is 54.6 Å². The zero-order valence-corrected chi connectivity index (χ0v) is 17.6. The number of carbonyl (C=O) groups excluding carboxylic acids is 2. The minimum Gasteiger partial charge on any atom is -0.495 e. The number of carbonyl (C=O) groups is 2. The highest BCUT2D eigenvalue weighted by Gasteiger charge is 2.16. The molecule has 0 aliphatic rings. The van der Waals surface area contributed by atoms with Crippen molar-refractivity contribution < 1.29 is 19.2 Å². The van der Waals surface area contributed by atoms with E-state index in [0.29, 0.717) is 27.6 Å². The van der Waals surface area contributed by atoms with E-state index in [4.69, 9.17) is 4.74 Å². The molecule has 0 spiro atoms. The summed E-state index contributed by atoms with van der Waals surface area (Å²) < 4.78 is 5.28. The Morgan fingerprint density at radius 1 is 1.00 bits per heavy atom.